The van der Waals surface area contributed by atoms with E-state index in [1.165, 1.54) is 12.1 Å². The lowest BCUT2D eigenvalue weighted by Gasteiger charge is -2.12. The fraction of sp³-hybridized carbons (Fsp3) is 0.143. The summed E-state index contributed by atoms with van der Waals surface area (Å²) in [6.07, 6.45) is -4.71. The standard InChI is InChI=1S/C14H10BrF4NO2S/c1-8-2-3-13(12(16)4-8)20-23(21,22)11-6-9(14(17,18)19)5-10(15)7-11/h2-7,20H,1H3. The molecule has 0 unspecified atom stereocenters. The Hall–Kier alpha value is -1.61. The fourth-order valence-electron chi connectivity index (χ4n) is 1.79. The minimum atomic E-state index is -4.71. The van der Waals surface area contributed by atoms with Crippen molar-refractivity contribution in [1.82, 2.24) is 0 Å². The molecule has 0 radical (unpaired) electrons. The molecule has 1 N–H and O–H groups in total. The van der Waals surface area contributed by atoms with E-state index in [4.69, 9.17) is 0 Å². The van der Waals surface area contributed by atoms with Crippen molar-refractivity contribution in [2.75, 3.05) is 4.72 Å². The Balaban J connectivity index is 2.46. The lowest BCUT2D eigenvalue weighted by molar-refractivity contribution is -0.137. The first-order chi connectivity index (χ1) is 10.5. The van der Waals surface area contributed by atoms with E-state index in [2.05, 4.69) is 15.9 Å². The summed E-state index contributed by atoms with van der Waals surface area (Å²) in [5.41, 5.74) is -0.895. The predicted molar refractivity (Wildman–Crippen MR) is 81.1 cm³/mol. The van der Waals surface area contributed by atoms with Crippen molar-refractivity contribution in [3.63, 3.8) is 0 Å². The van der Waals surface area contributed by atoms with Gasteiger partial charge >= 0.3 is 6.18 Å². The largest absolute Gasteiger partial charge is 0.416 e. The number of alkyl halides is 3. The Bertz CT molecular complexity index is 850. The number of benzene rings is 2. The molecule has 9 heteroatoms. The van der Waals surface area contributed by atoms with Gasteiger partial charge in [0.2, 0.25) is 0 Å². The first kappa shape index (κ1) is 17.7. The number of rotatable bonds is 3. The van der Waals surface area contributed by atoms with Crippen LogP contribution in [0.4, 0.5) is 23.2 Å². The fourth-order valence-corrected chi connectivity index (χ4v) is 3.57. The second-order valence-corrected chi connectivity index (χ2v) is 7.36. The average Bonchev–Trinajstić information content (AvgIpc) is 2.40. The normalized spacial score (nSPS) is 12.3. The molecule has 3 nitrogen and oxygen atoms in total. The molecule has 0 bridgehead atoms. The topological polar surface area (TPSA) is 46.2 Å². The van der Waals surface area contributed by atoms with Crippen LogP contribution >= 0.6 is 15.9 Å². The maximum Gasteiger partial charge on any atom is 0.416 e. The average molecular weight is 412 g/mol. The number of hydrogen-bond acceptors (Lipinski definition) is 2. The Labute approximate surface area is 138 Å². The van der Waals surface area contributed by atoms with Crippen LogP contribution in [0.2, 0.25) is 0 Å². The summed E-state index contributed by atoms with van der Waals surface area (Å²) in [4.78, 5) is -0.626. The SMILES string of the molecule is Cc1ccc(NS(=O)(=O)c2cc(Br)cc(C(F)(F)F)c2)c(F)c1. The third kappa shape index (κ3) is 4.23. The molecule has 0 saturated heterocycles. The Kier molecular flexibility index (Phi) is 4.72. The molecule has 2 rings (SSSR count). The van der Waals surface area contributed by atoms with Gasteiger partial charge in [-0.15, -0.1) is 0 Å². The summed E-state index contributed by atoms with van der Waals surface area (Å²) >= 11 is 2.84. The second-order valence-electron chi connectivity index (χ2n) is 4.76. The van der Waals surface area contributed by atoms with Crippen LogP contribution in [0.5, 0.6) is 0 Å². The van der Waals surface area contributed by atoms with Crippen molar-refractivity contribution < 1.29 is 26.0 Å². The van der Waals surface area contributed by atoms with Crippen molar-refractivity contribution in [3.8, 4) is 0 Å². The van der Waals surface area contributed by atoms with Gasteiger partial charge in [0.25, 0.3) is 10.0 Å². The quantitative estimate of drug-likeness (QED) is 0.742. The smallest absolute Gasteiger partial charge is 0.277 e. The molecule has 0 heterocycles. The molecule has 2 aromatic rings. The molecule has 0 spiro atoms. The highest BCUT2D eigenvalue weighted by molar-refractivity contribution is 9.10. The number of halogens is 5. The van der Waals surface area contributed by atoms with E-state index in [0.717, 1.165) is 18.2 Å². The van der Waals surface area contributed by atoms with Gasteiger partial charge in [0.15, 0.2) is 0 Å². The van der Waals surface area contributed by atoms with E-state index in [1.807, 2.05) is 4.72 Å². The summed E-state index contributed by atoms with van der Waals surface area (Å²) in [5.74, 6) is -0.820. The molecular formula is C14H10BrF4NO2S. The molecule has 0 aliphatic carbocycles. The zero-order chi connectivity index (χ0) is 17.4. The lowest BCUT2D eigenvalue weighted by atomic mass is 10.2. The van der Waals surface area contributed by atoms with Crippen LogP contribution < -0.4 is 4.72 Å². The highest BCUT2D eigenvalue weighted by atomic mass is 79.9. The lowest BCUT2D eigenvalue weighted by Crippen LogP contribution is -2.15. The van der Waals surface area contributed by atoms with Gasteiger partial charge in [0, 0.05) is 4.47 Å². The van der Waals surface area contributed by atoms with Crippen molar-refractivity contribution in [1.29, 1.82) is 0 Å². The van der Waals surface area contributed by atoms with Gasteiger partial charge in [0.1, 0.15) is 5.82 Å². The van der Waals surface area contributed by atoms with Gasteiger partial charge in [-0.25, -0.2) is 12.8 Å². The molecule has 0 aliphatic heterocycles. The molecule has 0 saturated carbocycles. The molecule has 0 fully saturated rings. The zero-order valence-corrected chi connectivity index (χ0v) is 14.0. The van der Waals surface area contributed by atoms with E-state index in [9.17, 15) is 26.0 Å². The Morgan fingerprint density at radius 1 is 1.09 bits per heavy atom. The minimum absolute atomic E-state index is 0.0583. The maximum absolute atomic E-state index is 13.7. The highest BCUT2D eigenvalue weighted by Gasteiger charge is 2.32. The van der Waals surface area contributed by atoms with E-state index < -0.39 is 32.5 Å². The van der Waals surface area contributed by atoms with Gasteiger partial charge < -0.3 is 0 Å². The summed E-state index contributed by atoms with van der Waals surface area (Å²) in [7, 11) is -4.37. The van der Waals surface area contributed by atoms with Crippen LogP contribution in [-0.2, 0) is 16.2 Å². The van der Waals surface area contributed by atoms with Crippen LogP contribution in [-0.4, -0.2) is 8.42 Å². The van der Waals surface area contributed by atoms with Crippen molar-refractivity contribution >= 4 is 31.6 Å². The minimum Gasteiger partial charge on any atom is -0.277 e. The molecular weight excluding hydrogens is 402 g/mol. The van der Waals surface area contributed by atoms with Gasteiger partial charge in [-0.1, -0.05) is 22.0 Å². The number of sulfonamides is 1. The summed E-state index contributed by atoms with van der Waals surface area (Å²) < 4.78 is 78.3. The number of aryl methyl sites for hydroxylation is 1. The molecule has 0 atom stereocenters. The van der Waals surface area contributed by atoms with E-state index in [-0.39, 0.29) is 10.2 Å². The maximum atomic E-state index is 13.7. The Morgan fingerprint density at radius 2 is 1.74 bits per heavy atom. The summed E-state index contributed by atoms with van der Waals surface area (Å²) in [6, 6.07) is 6.03. The monoisotopic (exact) mass is 411 g/mol. The highest BCUT2D eigenvalue weighted by Crippen LogP contribution is 2.33. The van der Waals surface area contributed by atoms with Crippen LogP contribution in [0.25, 0.3) is 0 Å². The molecule has 0 aliphatic rings. The van der Waals surface area contributed by atoms with Gasteiger partial charge in [-0.05, 0) is 42.8 Å². The number of hydrogen-bond donors (Lipinski definition) is 1. The van der Waals surface area contributed by atoms with E-state index >= 15 is 0 Å². The van der Waals surface area contributed by atoms with Crippen LogP contribution in [0.1, 0.15) is 11.1 Å². The van der Waals surface area contributed by atoms with Crippen molar-refractivity contribution in [2.24, 2.45) is 0 Å². The van der Waals surface area contributed by atoms with Crippen LogP contribution in [0.3, 0.4) is 0 Å². The summed E-state index contributed by atoms with van der Waals surface area (Å²) in [6.45, 7) is 1.62. The molecule has 124 valence electrons. The van der Waals surface area contributed by atoms with Crippen LogP contribution in [0, 0.1) is 12.7 Å². The van der Waals surface area contributed by atoms with E-state index in [0.29, 0.717) is 11.6 Å². The Morgan fingerprint density at radius 3 is 2.30 bits per heavy atom. The molecule has 0 aromatic heterocycles. The van der Waals surface area contributed by atoms with Crippen molar-refractivity contribution in [3.05, 3.63) is 57.8 Å². The third-order valence-corrected chi connectivity index (χ3v) is 4.68. The molecule has 2 aromatic carbocycles. The van der Waals surface area contributed by atoms with Gasteiger partial charge in [0.05, 0.1) is 16.1 Å². The summed E-state index contributed by atoms with van der Waals surface area (Å²) in [5, 5.41) is 0. The first-order valence-corrected chi connectivity index (χ1v) is 8.43. The van der Waals surface area contributed by atoms with Crippen LogP contribution in [0.15, 0.2) is 45.8 Å². The third-order valence-electron chi connectivity index (χ3n) is 2.88. The zero-order valence-electron chi connectivity index (χ0n) is 11.6. The second kappa shape index (κ2) is 6.12. The predicted octanol–water partition coefficient (Wildman–Crippen LogP) is 4.72. The van der Waals surface area contributed by atoms with Gasteiger partial charge in [-0.2, -0.15) is 13.2 Å². The number of nitrogens with one attached hydrogen (secondary N) is 1. The molecule has 23 heavy (non-hydrogen) atoms. The van der Waals surface area contributed by atoms with Crippen molar-refractivity contribution in [2.45, 2.75) is 18.0 Å². The van der Waals surface area contributed by atoms with Gasteiger partial charge in [-0.3, -0.25) is 4.72 Å². The molecule has 0 amide bonds. The van der Waals surface area contributed by atoms with E-state index in [1.54, 1.807) is 6.92 Å². The number of anilines is 1. The first-order valence-electron chi connectivity index (χ1n) is 6.16.